The first-order valence-corrected chi connectivity index (χ1v) is 14.0. The summed E-state index contributed by atoms with van der Waals surface area (Å²) in [6.45, 7) is 11.7. The number of carbonyl (C=O) groups is 1. The molecule has 3 heterocycles. The number of carbonyl (C=O) groups excluding carboxylic acids is 1. The Morgan fingerprint density at radius 1 is 1.21 bits per heavy atom. The predicted molar refractivity (Wildman–Crippen MR) is 131 cm³/mol. The molecule has 1 amide bonds. The van der Waals surface area contributed by atoms with Gasteiger partial charge < -0.3 is 14.5 Å². The molecule has 0 aromatic carbocycles. The van der Waals surface area contributed by atoms with Crippen molar-refractivity contribution in [3.05, 3.63) is 54.1 Å². The first-order valence-electron chi connectivity index (χ1n) is 10.7. The molecule has 33 heavy (non-hydrogen) atoms. The van der Waals surface area contributed by atoms with Gasteiger partial charge in [0.1, 0.15) is 0 Å². The van der Waals surface area contributed by atoms with Crippen molar-refractivity contribution >= 4 is 25.8 Å². The number of amides is 1. The van der Waals surface area contributed by atoms with E-state index in [1.165, 1.54) is 6.20 Å². The molecule has 0 aliphatic carbocycles. The number of nitrogens with zero attached hydrogens (tertiary/aromatic N) is 4. The van der Waals surface area contributed by atoms with Crippen LogP contribution < -0.4 is 10.1 Å². The molecule has 0 saturated carbocycles. The van der Waals surface area contributed by atoms with Crippen LogP contribution in [0.25, 0.3) is 16.9 Å². The molecule has 0 saturated heterocycles. The van der Waals surface area contributed by atoms with Crippen LogP contribution in [-0.2, 0) is 9.22 Å². The molecule has 0 fully saturated rings. The summed E-state index contributed by atoms with van der Waals surface area (Å²) in [4.78, 5) is 20.7. The summed E-state index contributed by atoms with van der Waals surface area (Å²) in [5, 5.41) is 7.57. The predicted octanol–water partition coefficient (Wildman–Crippen LogP) is 4.50. The Morgan fingerprint density at radius 2 is 2.00 bits per heavy atom. The van der Waals surface area contributed by atoms with Crippen LogP contribution in [0.5, 0.6) is 5.88 Å². The van der Waals surface area contributed by atoms with Crippen LogP contribution in [0.15, 0.2) is 49.1 Å². The largest absolute Gasteiger partial charge is 0.468 e. The maximum absolute atomic E-state index is 12.2. The lowest BCUT2D eigenvalue weighted by atomic mass is 10.1. The van der Waals surface area contributed by atoms with Crippen molar-refractivity contribution in [2.45, 2.75) is 38.9 Å². The Kier molecular flexibility index (Phi) is 7.88. The Balaban J connectivity index is 1.53. The van der Waals surface area contributed by atoms with E-state index in [9.17, 15) is 4.79 Å². The minimum Gasteiger partial charge on any atom is -0.468 e. The van der Waals surface area contributed by atoms with Gasteiger partial charge in [0.15, 0.2) is 20.7 Å². The number of aromatic nitrogens is 4. The Morgan fingerprint density at radius 3 is 2.64 bits per heavy atom. The SMILES string of the molecule is CC(C)(C)[Si](C)(C)OCCNC(=O)COc1cc(-c2ccc(-n3cccn3)nc2)c(Cl)cn1. The van der Waals surface area contributed by atoms with Crippen LogP contribution in [0.2, 0.25) is 23.2 Å². The second-order valence-corrected chi connectivity index (χ2v) is 14.3. The highest BCUT2D eigenvalue weighted by atomic mass is 35.5. The van der Waals surface area contributed by atoms with Crippen LogP contribution in [0, 0.1) is 0 Å². The molecule has 3 aromatic heterocycles. The molecule has 1 N–H and O–H groups in total. The topological polar surface area (TPSA) is 91.2 Å². The van der Waals surface area contributed by atoms with Crippen LogP contribution >= 0.6 is 11.6 Å². The molecule has 3 aromatic rings. The summed E-state index contributed by atoms with van der Waals surface area (Å²) in [6, 6.07) is 7.26. The number of nitrogens with one attached hydrogen (secondary N) is 1. The lowest BCUT2D eigenvalue weighted by Gasteiger charge is -2.36. The molecular formula is C23H30ClN5O3Si. The van der Waals surface area contributed by atoms with Crippen molar-refractivity contribution in [2.24, 2.45) is 0 Å². The van der Waals surface area contributed by atoms with E-state index in [0.717, 1.165) is 5.56 Å². The molecule has 0 atom stereocenters. The summed E-state index contributed by atoms with van der Waals surface area (Å²) in [5.41, 5.74) is 1.51. The maximum atomic E-state index is 12.2. The van der Waals surface area contributed by atoms with Gasteiger partial charge >= 0.3 is 0 Å². The molecule has 0 aliphatic heterocycles. The van der Waals surface area contributed by atoms with E-state index in [4.69, 9.17) is 20.8 Å². The van der Waals surface area contributed by atoms with E-state index in [-0.39, 0.29) is 17.6 Å². The third kappa shape index (κ3) is 6.63. The fraction of sp³-hybridized carbons (Fsp3) is 0.391. The third-order valence-electron chi connectivity index (χ3n) is 5.67. The summed E-state index contributed by atoms with van der Waals surface area (Å²) in [7, 11) is -1.83. The van der Waals surface area contributed by atoms with Gasteiger partial charge in [-0.25, -0.2) is 14.6 Å². The van der Waals surface area contributed by atoms with Crippen molar-refractivity contribution in [3.63, 3.8) is 0 Å². The van der Waals surface area contributed by atoms with E-state index in [2.05, 4.69) is 54.2 Å². The molecule has 0 unspecified atom stereocenters. The van der Waals surface area contributed by atoms with E-state index in [0.29, 0.717) is 35.4 Å². The minimum absolute atomic E-state index is 0.132. The van der Waals surface area contributed by atoms with Gasteiger partial charge in [-0.05, 0) is 36.3 Å². The van der Waals surface area contributed by atoms with E-state index in [1.807, 2.05) is 24.4 Å². The standard InChI is InChI=1S/C23H30ClN5O3Si/c1-23(2,3)33(4,5)32-12-10-25-21(30)16-31-22-13-18(19(24)15-27-22)17-7-8-20(26-14-17)29-11-6-9-28-29/h6-9,11,13-15H,10,12,16H2,1-5H3,(H,25,30). The zero-order valence-corrected chi connectivity index (χ0v) is 21.4. The van der Waals surface area contributed by atoms with Crippen molar-refractivity contribution in [3.8, 4) is 22.8 Å². The van der Waals surface area contributed by atoms with E-state index in [1.54, 1.807) is 23.1 Å². The molecule has 0 spiro atoms. The van der Waals surface area contributed by atoms with E-state index < -0.39 is 8.32 Å². The highest BCUT2D eigenvalue weighted by Crippen LogP contribution is 2.36. The molecule has 8 nitrogen and oxygen atoms in total. The minimum atomic E-state index is -1.83. The zero-order chi connectivity index (χ0) is 24.1. The number of hydrogen-bond acceptors (Lipinski definition) is 6. The first-order chi connectivity index (χ1) is 15.6. The third-order valence-corrected chi connectivity index (χ3v) is 10.5. The smallest absolute Gasteiger partial charge is 0.258 e. The summed E-state index contributed by atoms with van der Waals surface area (Å²) >= 11 is 6.33. The van der Waals surface area contributed by atoms with Crippen molar-refractivity contribution < 1.29 is 14.0 Å². The van der Waals surface area contributed by atoms with Gasteiger partial charge in [-0.3, -0.25) is 4.79 Å². The number of pyridine rings is 2. The van der Waals surface area contributed by atoms with Crippen LogP contribution in [0.1, 0.15) is 20.8 Å². The van der Waals surface area contributed by atoms with Crippen molar-refractivity contribution in [1.29, 1.82) is 0 Å². The quantitative estimate of drug-likeness (QED) is 0.353. The molecule has 0 aliphatic rings. The number of rotatable bonds is 9. The van der Waals surface area contributed by atoms with Crippen LogP contribution in [0.3, 0.4) is 0 Å². The summed E-state index contributed by atoms with van der Waals surface area (Å²) in [5.74, 6) is 0.759. The first kappa shape index (κ1) is 24.9. The van der Waals surface area contributed by atoms with E-state index >= 15 is 0 Å². The summed E-state index contributed by atoms with van der Waals surface area (Å²) in [6.07, 6.45) is 6.71. The Bertz CT molecular complexity index is 1070. The number of hydrogen-bond donors (Lipinski definition) is 1. The fourth-order valence-corrected chi connectivity index (χ4v) is 3.97. The second-order valence-electron chi connectivity index (χ2n) is 9.11. The van der Waals surface area contributed by atoms with Gasteiger partial charge in [-0.15, -0.1) is 0 Å². The van der Waals surface area contributed by atoms with Gasteiger partial charge in [0.05, 0.1) is 17.8 Å². The lowest BCUT2D eigenvalue weighted by Crippen LogP contribution is -2.43. The van der Waals surface area contributed by atoms with Gasteiger partial charge in [-0.1, -0.05) is 32.4 Å². The van der Waals surface area contributed by atoms with Gasteiger partial charge in [0.25, 0.3) is 5.91 Å². The van der Waals surface area contributed by atoms with Crippen molar-refractivity contribution in [1.82, 2.24) is 25.1 Å². The summed E-state index contributed by atoms with van der Waals surface area (Å²) < 4.78 is 13.3. The molecule has 176 valence electrons. The normalized spacial score (nSPS) is 11.9. The average Bonchev–Trinajstić information content (AvgIpc) is 3.30. The Hall–Kier alpha value is -2.75. The zero-order valence-electron chi connectivity index (χ0n) is 19.6. The highest BCUT2D eigenvalue weighted by Gasteiger charge is 2.36. The fourth-order valence-electron chi connectivity index (χ4n) is 2.71. The van der Waals surface area contributed by atoms with Crippen LogP contribution in [-0.4, -0.2) is 53.7 Å². The average molecular weight is 488 g/mol. The van der Waals surface area contributed by atoms with Gasteiger partial charge in [-0.2, -0.15) is 5.10 Å². The Labute approximate surface area is 200 Å². The lowest BCUT2D eigenvalue weighted by molar-refractivity contribution is -0.123. The van der Waals surface area contributed by atoms with Gasteiger partial charge in [0, 0.05) is 42.3 Å². The van der Waals surface area contributed by atoms with Gasteiger partial charge in [0.2, 0.25) is 5.88 Å². The molecular weight excluding hydrogens is 458 g/mol. The van der Waals surface area contributed by atoms with Crippen molar-refractivity contribution in [2.75, 3.05) is 19.8 Å². The molecule has 0 bridgehead atoms. The molecule has 3 rings (SSSR count). The van der Waals surface area contributed by atoms with Crippen LogP contribution in [0.4, 0.5) is 0 Å². The molecule has 10 heteroatoms. The monoisotopic (exact) mass is 487 g/mol. The molecule has 0 radical (unpaired) electrons. The second kappa shape index (κ2) is 10.5. The number of halogens is 1. The number of ether oxygens (including phenoxy) is 1. The highest BCUT2D eigenvalue weighted by molar-refractivity contribution is 6.74. The maximum Gasteiger partial charge on any atom is 0.258 e.